The van der Waals surface area contributed by atoms with E-state index in [1.807, 2.05) is 24.3 Å². The molecule has 0 heterocycles. The second-order valence-corrected chi connectivity index (χ2v) is 9.21. The number of benzene rings is 2. The van der Waals surface area contributed by atoms with E-state index >= 15 is 0 Å². The summed E-state index contributed by atoms with van der Waals surface area (Å²) in [5.41, 5.74) is 3.73. The molecule has 180 valence electrons. The fraction of sp³-hybridized carbons (Fsp3) is 0.444. The fourth-order valence-electron chi connectivity index (χ4n) is 5.03. The summed E-state index contributed by atoms with van der Waals surface area (Å²) >= 11 is 0. The van der Waals surface area contributed by atoms with Crippen LogP contribution in [0.2, 0.25) is 0 Å². The van der Waals surface area contributed by atoms with Gasteiger partial charge in [-0.2, -0.15) is 0 Å². The average molecular weight is 465 g/mol. The molecule has 0 radical (unpaired) electrons. The van der Waals surface area contributed by atoms with Gasteiger partial charge < -0.3 is 20.1 Å². The van der Waals surface area contributed by atoms with Crippen molar-refractivity contribution in [1.29, 1.82) is 0 Å². The van der Waals surface area contributed by atoms with E-state index in [2.05, 4.69) is 29.6 Å². The number of nitrogens with one attached hydrogen (secondary N) is 1. The molecule has 2 amide bonds. The van der Waals surface area contributed by atoms with Crippen molar-refractivity contribution in [1.82, 2.24) is 10.2 Å². The summed E-state index contributed by atoms with van der Waals surface area (Å²) in [5.74, 6) is -1.01. The third kappa shape index (κ3) is 4.65. The number of alkyl carbamates (subject to hydrolysis) is 1. The zero-order valence-corrected chi connectivity index (χ0v) is 19.6. The highest BCUT2D eigenvalue weighted by Gasteiger charge is 2.49. The molecular formula is C27H32N2O5. The zero-order chi connectivity index (χ0) is 24.1. The summed E-state index contributed by atoms with van der Waals surface area (Å²) in [6.45, 7) is 0.756. The minimum atomic E-state index is -1.01. The van der Waals surface area contributed by atoms with Gasteiger partial charge in [0, 0.05) is 25.9 Å². The predicted molar refractivity (Wildman–Crippen MR) is 129 cm³/mol. The Morgan fingerprint density at radius 2 is 1.62 bits per heavy atom. The van der Waals surface area contributed by atoms with Gasteiger partial charge in [-0.25, -0.2) is 9.59 Å². The fourth-order valence-corrected chi connectivity index (χ4v) is 5.03. The lowest BCUT2D eigenvalue weighted by Gasteiger charge is -2.44. The van der Waals surface area contributed by atoms with E-state index in [9.17, 15) is 19.5 Å². The predicted octanol–water partition coefficient (Wildman–Crippen LogP) is 4.55. The van der Waals surface area contributed by atoms with E-state index in [1.165, 1.54) is 27.2 Å². The molecule has 1 fully saturated rings. The van der Waals surface area contributed by atoms with Crippen molar-refractivity contribution < 1.29 is 24.2 Å². The molecule has 0 aliphatic heterocycles. The number of aliphatic carboxylic acids is 1. The molecule has 2 N–H and O–H groups in total. The smallest absolute Gasteiger partial charge is 0.407 e. The number of carboxylic acid groups (broad SMARTS) is 1. The van der Waals surface area contributed by atoms with Crippen LogP contribution in [0.3, 0.4) is 0 Å². The van der Waals surface area contributed by atoms with Gasteiger partial charge in [-0.1, -0.05) is 55.0 Å². The lowest BCUT2D eigenvalue weighted by molar-refractivity contribution is -0.164. The van der Waals surface area contributed by atoms with E-state index < -0.39 is 17.6 Å². The molecule has 0 atom stereocenters. The van der Waals surface area contributed by atoms with Crippen LogP contribution in [0.15, 0.2) is 48.5 Å². The Kier molecular flexibility index (Phi) is 7.20. The van der Waals surface area contributed by atoms with Gasteiger partial charge >= 0.3 is 12.1 Å². The van der Waals surface area contributed by atoms with Crippen molar-refractivity contribution in [2.24, 2.45) is 0 Å². The number of fused-ring (bicyclic) bond motifs is 3. The number of unbranched alkanes of at least 4 members (excludes halogenated alkanes) is 2. The summed E-state index contributed by atoms with van der Waals surface area (Å²) < 4.78 is 5.53. The molecule has 0 unspecified atom stereocenters. The van der Waals surface area contributed by atoms with Crippen molar-refractivity contribution in [2.75, 3.05) is 20.2 Å². The van der Waals surface area contributed by atoms with Gasteiger partial charge in [0.05, 0.1) is 0 Å². The lowest BCUT2D eigenvalue weighted by atomic mass is 9.75. The Hall–Kier alpha value is -3.35. The molecule has 0 saturated heterocycles. The molecule has 2 aromatic carbocycles. The number of rotatable bonds is 10. The molecule has 2 aliphatic carbocycles. The number of nitrogens with zero attached hydrogens (tertiary/aromatic N) is 1. The number of carbonyl (C=O) groups is 3. The van der Waals surface area contributed by atoms with Crippen molar-refractivity contribution in [3.63, 3.8) is 0 Å². The van der Waals surface area contributed by atoms with Gasteiger partial charge in [0.2, 0.25) is 5.91 Å². The molecule has 0 bridgehead atoms. The number of carboxylic acids is 1. The van der Waals surface area contributed by atoms with Crippen LogP contribution in [0.25, 0.3) is 11.1 Å². The van der Waals surface area contributed by atoms with Crippen LogP contribution >= 0.6 is 0 Å². The number of hydrogen-bond donors (Lipinski definition) is 2. The van der Waals surface area contributed by atoms with Crippen molar-refractivity contribution in [3.05, 3.63) is 59.7 Å². The first kappa shape index (κ1) is 23.8. The first-order valence-electron chi connectivity index (χ1n) is 12.0. The third-order valence-electron chi connectivity index (χ3n) is 7.28. The van der Waals surface area contributed by atoms with Gasteiger partial charge in [0.15, 0.2) is 0 Å². The SMILES string of the molecule is CN(C(=O)CCCCCNC(=O)OCC1c2ccccc2-c2ccccc21)C1(C(=O)O)CCC1. The Balaban J connectivity index is 1.15. The summed E-state index contributed by atoms with van der Waals surface area (Å²) in [5, 5.41) is 12.2. The minimum Gasteiger partial charge on any atom is -0.479 e. The maximum absolute atomic E-state index is 12.4. The highest BCUT2D eigenvalue weighted by molar-refractivity contribution is 5.87. The average Bonchev–Trinajstić information content (AvgIpc) is 3.12. The Bertz CT molecular complexity index is 1020. The highest BCUT2D eigenvalue weighted by atomic mass is 16.5. The minimum absolute atomic E-state index is 0.0333. The van der Waals surface area contributed by atoms with Crippen LogP contribution in [0.4, 0.5) is 4.79 Å². The summed E-state index contributed by atoms with van der Waals surface area (Å²) in [4.78, 5) is 37.6. The molecule has 0 aromatic heterocycles. The van der Waals surface area contributed by atoms with Gasteiger partial charge in [-0.05, 0) is 54.4 Å². The maximum atomic E-state index is 12.4. The maximum Gasteiger partial charge on any atom is 0.407 e. The number of hydrogen-bond acceptors (Lipinski definition) is 4. The highest BCUT2D eigenvalue weighted by Crippen LogP contribution is 2.44. The second-order valence-electron chi connectivity index (χ2n) is 9.21. The molecule has 0 spiro atoms. The Morgan fingerprint density at radius 3 is 2.18 bits per heavy atom. The van der Waals surface area contributed by atoms with Crippen LogP contribution in [-0.2, 0) is 14.3 Å². The molecule has 2 aromatic rings. The largest absolute Gasteiger partial charge is 0.479 e. The number of ether oxygens (including phenoxy) is 1. The summed E-state index contributed by atoms with van der Waals surface area (Å²) in [6, 6.07) is 16.4. The third-order valence-corrected chi connectivity index (χ3v) is 7.28. The second kappa shape index (κ2) is 10.3. The molecular weight excluding hydrogens is 432 g/mol. The van der Waals surface area contributed by atoms with Gasteiger partial charge in [0.1, 0.15) is 12.1 Å². The number of carbonyl (C=O) groups excluding carboxylic acids is 2. The van der Waals surface area contributed by atoms with E-state index in [-0.39, 0.29) is 18.4 Å². The van der Waals surface area contributed by atoms with Gasteiger partial charge in [-0.3, -0.25) is 4.79 Å². The number of amides is 2. The molecule has 7 heteroatoms. The molecule has 2 aliphatic rings. The quantitative estimate of drug-likeness (QED) is 0.503. The first-order valence-corrected chi connectivity index (χ1v) is 12.0. The zero-order valence-electron chi connectivity index (χ0n) is 19.6. The van der Waals surface area contributed by atoms with Crippen LogP contribution in [0.1, 0.15) is 62.0 Å². The van der Waals surface area contributed by atoms with E-state index in [0.29, 0.717) is 32.2 Å². The topological polar surface area (TPSA) is 95.9 Å². The van der Waals surface area contributed by atoms with E-state index in [1.54, 1.807) is 7.05 Å². The van der Waals surface area contributed by atoms with Crippen molar-refractivity contribution in [3.8, 4) is 11.1 Å². The summed E-state index contributed by atoms with van der Waals surface area (Å²) in [6.07, 6.45) is 3.91. The van der Waals surface area contributed by atoms with Crippen LogP contribution in [0.5, 0.6) is 0 Å². The van der Waals surface area contributed by atoms with Crippen molar-refractivity contribution >= 4 is 18.0 Å². The lowest BCUT2D eigenvalue weighted by Crippen LogP contribution is -2.59. The monoisotopic (exact) mass is 464 g/mol. The van der Waals surface area contributed by atoms with Gasteiger partial charge in [0.25, 0.3) is 0 Å². The standard InChI is InChI=1S/C27H32N2O5/c1-29(27(25(31)32)15-9-16-27)24(30)14-3-2-8-17-28-26(33)34-18-23-21-12-6-4-10-19(21)20-11-5-7-13-22(20)23/h4-7,10-13,23H,2-3,8-9,14-18H2,1H3,(H,28,33)(H,31,32). The number of likely N-dealkylation sites (N-methyl/N-ethyl adjacent to an activating group) is 1. The first-order chi connectivity index (χ1) is 16.4. The Morgan fingerprint density at radius 1 is 1.00 bits per heavy atom. The normalized spacial score (nSPS) is 15.6. The van der Waals surface area contributed by atoms with E-state index in [0.717, 1.165) is 19.3 Å². The molecule has 7 nitrogen and oxygen atoms in total. The molecule has 34 heavy (non-hydrogen) atoms. The van der Waals surface area contributed by atoms with Crippen molar-refractivity contribution in [2.45, 2.75) is 56.4 Å². The molecule has 4 rings (SSSR count). The van der Waals surface area contributed by atoms with Crippen LogP contribution in [-0.4, -0.2) is 53.7 Å². The van der Waals surface area contributed by atoms with Gasteiger partial charge in [-0.15, -0.1) is 0 Å². The van der Waals surface area contributed by atoms with Crippen LogP contribution < -0.4 is 5.32 Å². The van der Waals surface area contributed by atoms with E-state index in [4.69, 9.17) is 4.74 Å². The molecule has 1 saturated carbocycles. The van der Waals surface area contributed by atoms with Crippen LogP contribution in [0, 0.1) is 0 Å². The summed E-state index contributed by atoms with van der Waals surface area (Å²) in [7, 11) is 1.59. The Labute approximate surface area is 200 Å².